The fourth-order valence-corrected chi connectivity index (χ4v) is 5.50. The van der Waals surface area contributed by atoms with Crippen LogP contribution < -0.4 is 5.32 Å². The highest BCUT2D eigenvalue weighted by molar-refractivity contribution is 5.93. The van der Waals surface area contributed by atoms with Crippen molar-refractivity contribution >= 4 is 22.7 Å². The first-order chi connectivity index (χ1) is 13.8. The molecule has 0 aliphatic carbocycles. The Balaban J connectivity index is 1.41. The van der Waals surface area contributed by atoms with Gasteiger partial charge in [-0.15, -0.1) is 0 Å². The number of amides is 2. The van der Waals surface area contributed by atoms with E-state index in [4.69, 9.17) is 4.74 Å². The monoisotopic (exact) mass is 393 g/mol. The molecule has 4 atom stereocenters. The third-order valence-electron chi connectivity index (χ3n) is 6.90. The zero-order valence-electron chi connectivity index (χ0n) is 17.3. The minimum atomic E-state index is -0.623. The van der Waals surface area contributed by atoms with Gasteiger partial charge >= 0.3 is 0 Å². The number of nitrogens with one attached hydrogen (secondary N) is 2. The van der Waals surface area contributed by atoms with Crippen LogP contribution in [0, 0.1) is 25.7 Å². The Morgan fingerprint density at radius 2 is 2.17 bits per heavy atom. The number of likely N-dealkylation sites (N-methyl/N-ethyl adjacent to an activating group) is 1. The number of H-pyrrole nitrogens is 1. The first-order valence-corrected chi connectivity index (χ1v) is 10.3. The van der Waals surface area contributed by atoms with Crippen molar-refractivity contribution in [3.05, 3.63) is 46.7 Å². The molecule has 1 aromatic carbocycles. The molecule has 6 heteroatoms. The number of carbonyl (C=O) groups excluding carboxylic acids is 2. The van der Waals surface area contributed by atoms with Gasteiger partial charge in [0, 0.05) is 24.7 Å². The summed E-state index contributed by atoms with van der Waals surface area (Å²) in [6, 6.07) is 4.31. The molecule has 0 unspecified atom stereocenters. The number of aromatic amines is 1. The second kappa shape index (κ2) is 6.20. The number of carbonyl (C=O) groups is 2. The maximum Gasteiger partial charge on any atom is 0.229 e. The standard InChI is InChI=1S/C23H27N3O3/c1-5-16-13(3)15-9-12(2)8-14(20(15)25-16)10-24-21(27)18-17-6-7-23(29-17)11-26(4)22(28)19(18)23/h6-9,17-19,25H,5,10-11H2,1-4H3,(H,24,27)/t17-,18-,19+,23-/m0/s1. The van der Waals surface area contributed by atoms with Crippen molar-refractivity contribution < 1.29 is 14.3 Å². The zero-order valence-corrected chi connectivity index (χ0v) is 17.3. The van der Waals surface area contributed by atoms with Crippen LogP contribution in [-0.4, -0.2) is 47.0 Å². The van der Waals surface area contributed by atoms with E-state index in [0.29, 0.717) is 13.1 Å². The molecule has 6 nitrogen and oxygen atoms in total. The molecular weight excluding hydrogens is 366 g/mol. The molecule has 2 aromatic rings. The summed E-state index contributed by atoms with van der Waals surface area (Å²) in [5.41, 5.74) is 5.20. The van der Waals surface area contributed by atoms with Crippen LogP contribution in [0.15, 0.2) is 24.3 Å². The molecule has 3 aliphatic heterocycles. The number of fused-ring (bicyclic) bond motifs is 2. The Morgan fingerprint density at radius 3 is 2.93 bits per heavy atom. The van der Waals surface area contributed by atoms with E-state index in [2.05, 4.69) is 43.2 Å². The highest BCUT2D eigenvalue weighted by Crippen LogP contribution is 2.51. The fraction of sp³-hybridized carbons (Fsp3) is 0.478. The van der Waals surface area contributed by atoms with E-state index in [0.717, 1.165) is 17.5 Å². The number of rotatable bonds is 4. The summed E-state index contributed by atoms with van der Waals surface area (Å²) in [5, 5.41) is 4.30. The van der Waals surface area contributed by atoms with Gasteiger partial charge in [0.15, 0.2) is 0 Å². The molecule has 5 rings (SSSR count). The molecule has 1 aromatic heterocycles. The van der Waals surface area contributed by atoms with Crippen LogP contribution in [0.2, 0.25) is 0 Å². The predicted octanol–water partition coefficient (Wildman–Crippen LogP) is 2.38. The molecule has 1 spiro atoms. The number of benzene rings is 1. The number of ether oxygens (including phenoxy) is 1. The van der Waals surface area contributed by atoms with Gasteiger partial charge in [0.2, 0.25) is 11.8 Å². The predicted molar refractivity (Wildman–Crippen MR) is 110 cm³/mol. The van der Waals surface area contributed by atoms with Crippen LogP contribution in [-0.2, 0) is 27.3 Å². The summed E-state index contributed by atoms with van der Waals surface area (Å²) in [6.45, 7) is 7.30. The number of likely N-dealkylation sites (tertiary alicyclic amines) is 1. The van der Waals surface area contributed by atoms with E-state index < -0.39 is 17.4 Å². The van der Waals surface area contributed by atoms with Gasteiger partial charge in [-0.1, -0.05) is 30.7 Å². The third-order valence-corrected chi connectivity index (χ3v) is 6.90. The average molecular weight is 393 g/mol. The van der Waals surface area contributed by atoms with Crippen molar-refractivity contribution in [1.82, 2.24) is 15.2 Å². The number of nitrogens with zero attached hydrogens (tertiary/aromatic N) is 1. The van der Waals surface area contributed by atoms with E-state index in [1.165, 1.54) is 22.2 Å². The molecule has 152 valence electrons. The molecule has 2 fully saturated rings. The van der Waals surface area contributed by atoms with Gasteiger partial charge in [0.05, 0.1) is 30.0 Å². The normalized spacial score (nSPS) is 29.9. The summed E-state index contributed by atoms with van der Waals surface area (Å²) in [4.78, 5) is 31.0. The summed E-state index contributed by atoms with van der Waals surface area (Å²) >= 11 is 0. The molecular formula is C23H27N3O3. The lowest BCUT2D eigenvalue weighted by molar-refractivity contribution is -0.136. The van der Waals surface area contributed by atoms with Crippen molar-refractivity contribution in [2.45, 2.75) is 45.4 Å². The van der Waals surface area contributed by atoms with Crippen LogP contribution in [0.4, 0.5) is 0 Å². The van der Waals surface area contributed by atoms with E-state index in [-0.39, 0.29) is 17.9 Å². The first kappa shape index (κ1) is 18.4. The van der Waals surface area contributed by atoms with Crippen LogP contribution in [0.1, 0.15) is 29.3 Å². The Morgan fingerprint density at radius 1 is 1.38 bits per heavy atom. The van der Waals surface area contributed by atoms with Gasteiger partial charge in [-0.2, -0.15) is 0 Å². The van der Waals surface area contributed by atoms with Gasteiger partial charge in [0.25, 0.3) is 0 Å². The summed E-state index contributed by atoms with van der Waals surface area (Å²) in [7, 11) is 1.78. The highest BCUT2D eigenvalue weighted by Gasteiger charge is 2.66. The first-order valence-electron chi connectivity index (χ1n) is 10.3. The summed E-state index contributed by atoms with van der Waals surface area (Å²) < 4.78 is 6.09. The maximum atomic E-state index is 13.1. The highest BCUT2D eigenvalue weighted by atomic mass is 16.5. The van der Waals surface area contributed by atoms with Crippen LogP contribution in [0.3, 0.4) is 0 Å². The molecule has 2 N–H and O–H groups in total. The van der Waals surface area contributed by atoms with E-state index in [1.54, 1.807) is 11.9 Å². The molecule has 2 amide bonds. The Labute approximate surface area is 170 Å². The molecule has 2 bridgehead atoms. The molecule has 3 aliphatic rings. The SMILES string of the molecule is CCc1[nH]c2c(CNC(=O)[C@H]3[C@@H]4C=C[C@@]5(CN(C)C(=O)[C@@H]35)O4)cc(C)cc2c1C. The topological polar surface area (TPSA) is 74.4 Å². The molecule has 4 heterocycles. The van der Waals surface area contributed by atoms with Gasteiger partial charge in [-0.05, 0) is 37.5 Å². The molecule has 0 saturated carbocycles. The lowest BCUT2D eigenvalue weighted by Gasteiger charge is -2.23. The third kappa shape index (κ3) is 2.51. The van der Waals surface area contributed by atoms with Gasteiger partial charge in [-0.3, -0.25) is 9.59 Å². The average Bonchev–Trinajstić information content (AvgIpc) is 3.39. The second-order valence-electron chi connectivity index (χ2n) is 8.74. The van der Waals surface area contributed by atoms with Crippen molar-refractivity contribution in [1.29, 1.82) is 0 Å². The summed E-state index contributed by atoms with van der Waals surface area (Å²) in [6.07, 6.45) is 4.55. The van der Waals surface area contributed by atoms with E-state index >= 15 is 0 Å². The Bertz CT molecular complexity index is 1070. The maximum absolute atomic E-state index is 13.1. The van der Waals surface area contributed by atoms with Crippen LogP contribution in [0.5, 0.6) is 0 Å². The molecule has 0 radical (unpaired) electrons. The van der Waals surface area contributed by atoms with Gasteiger partial charge < -0.3 is 19.9 Å². The minimum absolute atomic E-state index is 0.00234. The number of aryl methyl sites for hydroxylation is 3. The smallest absolute Gasteiger partial charge is 0.229 e. The molecule has 29 heavy (non-hydrogen) atoms. The lowest BCUT2D eigenvalue weighted by Crippen LogP contribution is -2.43. The number of hydrogen-bond donors (Lipinski definition) is 2. The summed E-state index contributed by atoms with van der Waals surface area (Å²) in [5.74, 6) is -0.986. The van der Waals surface area contributed by atoms with Gasteiger partial charge in [0.1, 0.15) is 5.60 Å². The van der Waals surface area contributed by atoms with Crippen LogP contribution >= 0.6 is 0 Å². The van der Waals surface area contributed by atoms with E-state index in [9.17, 15) is 9.59 Å². The van der Waals surface area contributed by atoms with Crippen molar-refractivity contribution in [2.75, 3.05) is 13.6 Å². The largest absolute Gasteiger partial charge is 0.360 e. The lowest BCUT2D eigenvalue weighted by atomic mass is 9.77. The minimum Gasteiger partial charge on any atom is -0.360 e. The quantitative estimate of drug-likeness (QED) is 0.784. The fourth-order valence-electron chi connectivity index (χ4n) is 5.50. The number of hydrogen-bond acceptors (Lipinski definition) is 3. The second-order valence-corrected chi connectivity index (χ2v) is 8.74. The zero-order chi connectivity index (χ0) is 20.5. The Hall–Kier alpha value is -2.60. The van der Waals surface area contributed by atoms with E-state index in [1.807, 2.05) is 12.2 Å². The van der Waals surface area contributed by atoms with Crippen molar-refractivity contribution in [2.24, 2.45) is 11.8 Å². The number of aromatic nitrogens is 1. The van der Waals surface area contributed by atoms with Crippen molar-refractivity contribution in [3.8, 4) is 0 Å². The van der Waals surface area contributed by atoms with Gasteiger partial charge in [-0.25, -0.2) is 0 Å². The Kier molecular flexibility index (Phi) is 3.94. The van der Waals surface area contributed by atoms with Crippen molar-refractivity contribution in [3.63, 3.8) is 0 Å². The van der Waals surface area contributed by atoms with Crippen LogP contribution in [0.25, 0.3) is 10.9 Å². The molecule has 2 saturated heterocycles.